The molecule has 1 unspecified atom stereocenters. The number of rotatable bonds is 9. The van der Waals surface area contributed by atoms with Crippen LogP contribution in [-0.2, 0) is 17.8 Å². The largest absolute Gasteiger partial charge is 0.485 e. The number of carbonyl (C=O) groups is 1. The van der Waals surface area contributed by atoms with Crippen molar-refractivity contribution in [1.82, 2.24) is 9.88 Å². The molecular weight excluding hydrogens is 543 g/mol. The number of ether oxygens (including phenoxy) is 2. The van der Waals surface area contributed by atoms with Crippen LogP contribution >= 0.6 is 0 Å². The molecule has 2 aromatic carbocycles. The van der Waals surface area contributed by atoms with Crippen molar-refractivity contribution in [3.05, 3.63) is 76.7 Å². The number of methoxy groups -OCH3 is 1. The van der Waals surface area contributed by atoms with Crippen LogP contribution in [0.2, 0.25) is 0 Å². The molecule has 7 heteroatoms. The van der Waals surface area contributed by atoms with E-state index in [9.17, 15) is 9.90 Å². The normalized spacial score (nSPS) is 22.3. The van der Waals surface area contributed by atoms with Gasteiger partial charge in [0, 0.05) is 23.7 Å². The number of nitrogens with zero attached hydrogens (tertiary/aromatic N) is 2. The van der Waals surface area contributed by atoms with E-state index in [0.29, 0.717) is 22.9 Å². The van der Waals surface area contributed by atoms with Crippen LogP contribution in [0.15, 0.2) is 48.7 Å². The highest BCUT2D eigenvalue weighted by atomic mass is 19.1. The first kappa shape index (κ1) is 28.3. The van der Waals surface area contributed by atoms with Crippen molar-refractivity contribution in [3.8, 4) is 22.8 Å². The number of aliphatic carboxylic acids is 1. The maximum atomic E-state index is 15.2. The molecule has 0 radical (unpaired) electrons. The zero-order valence-electron chi connectivity index (χ0n) is 25.2. The molecule has 3 aromatic rings. The third kappa shape index (κ3) is 5.30. The lowest BCUT2D eigenvalue weighted by Crippen LogP contribution is -2.48. The highest BCUT2D eigenvalue weighted by molar-refractivity contribution is 5.71. The monoisotopic (exact) mass is 584 g/mol. The van der Waals surface area contributed by atoms with Crippen LogP contribution in [0.25, 0.3) is 11.1 Å². The minimum atomic E-state index is -0.744. The van der Waals surface area contributed by atoms with Crippen LogP contribution in [0.4, 0.5) is 4.39 Å². The predicted molar refractivity (Wildman–Crippen MR) is 163 cm³/mol. The van der Waals surface area contributed by atoms with Gasteiger partial charge in [0.15, 0.2) is 0 Å². The number of aromatic nitrogens is 1. The smallest absolute Gasteiger partial charge is 0.306 e. The number of pyridine rings is 1. The highest BCUT2D eigenvalue weighted by Gasteiger charge is 2.45. The van der Waals surface area contributed by atoms with Gasteiger partial charge in [-0.3, -0.25) is 9.69 Å². The number of aryl methyl sites for hydroxylation is 1. The first-order chi connectivity index (χ1) is 20.8. The van der Waals surface area contributed by atoms with E-state index in [0.717, 1.165) is 66.8 Å². The van der Waals surface area contributed by atoms with Crippen LogP contribution in [0.3, 0.4) is 0 Å². The van der Waals surface area contributed by atoms with Gasteiger partial charge in [-0.05, 0) is 110 Å². The van der Waals surface area contributed by atoms with Crippen LogP contribution in [-0.4, -0.2) is 40.2 Å². The van der Waals surface area contributed by atoms with Crippen molar-refractivity contribution in [2.75, 3.05) is 13.7 Å². The summed E-state index contributed by atoms with van der Waals surface area (Å²) in [7, 11) is 1.55. The summed E-state index contributed by atoms with van der Waals surface area (Å²) in [4.78, 5) is 18.6. The fourth-order valence-corrected chi connectivity index (χ4v) is 7.95. The van der Waals surface area contributed by atoms with E-state index in [-0.39, 0.29) is 17.8 Å². The molecular formula is C36H41FN2O4. The molecule has 0 bridgehead atoms. The van der Waals surface area contributed by atoms with Crippen molar-refractivity contribution < 1.29 is 23.8 Å². The second-order valence-corrected chi connectivity index (χ2v) is 13.2. The Morgan fingerprint density at radius 1 is 1.12 bits per heavy atom. The van der Waals surface area contributed by atoms with Crippen molar-refractivity contribution >= 4 is 5.97 Å². The predicted octanol–water partition coefficient (Wildman–Crippen LogP) is 7.70. The zero-order chi connectivity index (χ0) is 29.7. The van der Waals surface area contributed by atoms with Gasteiger partial charge in [0.2, 0.25) is 5.88 Å². The Hall–Kier alpha value is -3.45. The second kappa shape index (κ2) is 11.2. The van der Waals surface area contributed by atoms with Gasteiger partial charge in [-0.15, -0.1) is 0 Å². The van der Waals surface area contributed by atoms with Crippen molar-refractivity contribution in [1.29, 1.82) is 0 Å². The van der Waals surface area contributed by atoms with Gasteiger partial charge < -0.3 is 14.6 Å². The third-order valence-electron chi connectivity index (χ3n) is 10.7. The van der Waals surface area contributed by atoms with Gasteiger partial charge in [0.25, 0.3) is 0 Å². The number of fused-ring (bicyclic) bond motifs is 1. The van der Waals surface area contributed by atoms with Crippen molar-refractivity contribution in [2.45, 2.75) is 88.8 Å². The van der Waals surface area contributed by atoms with Crippen LogP contribution < -0.4 is 9.47 Å². The summed E-state index contributed by atoms with van der Waals surface area (Å²) in [6.45, 7) is 3.67. The summed E-state index contributed by atoms with van der Waals surface area (Å²) in [6, 6.07) is 14.4. The van der Waals surface area contributed by atoms with E-state index in [1.165, 1.54) is 43.9 Å². The van der Waals surface area contributed by atoms with E-state index in [4.69, 9.17) is 9.47 Å². The molecule has 6 nitrogen and oxygen atoms in total. The molecule has 1 spiro atoms. The first-order valence-electron chi connectivity index (χ1n) is 16.0. The number of halogens is 1. The molecule has 3 atom stereocenters. The quantitative estimate of drug-likeness (QED) is 0.278. The topological polar surface area (TPSA) is 71.9 Å². The Morgan fingerprint density at radius 3 is 2.65 bits per heavy atom. The van der Waals surface area contributed by atoms with E-state index in [2.05, 4.69) is 40.2 Å². The zero-order valence-corrected chi connectivity index (χ0v) is 25.2. The van der Waals surface area contributed by atoms with Gasteiger partial charge in [-0.2, -0.15) is 0 Å². The summed E-state index contributed by atoms with van der Waals surface area (Å²) in [5, 5.41) is 9.78. The average Bonchev–Trinajstić information content (AvgIpc) is 3.74. The van der Waals surface area contributed by atoms with E-state index in [1.54, 1.807) is 13.2 Å². The first-order valence-corrected chi connectivity index (χ1v) is 16.0. The van der Waals surface area contributed by atoms with Gasteiger partial charge >= 0.3 is 5.97 Å². The number of carboxylic acid groups (broad SMARTS) is 1. The highest BCUT2D eigenvalue weighted by Crippen LogP contribution is 2.49. The number of likely N-dealkylation sites (tertiary alicyclic amines) is 1. The Morgan fingerprint density at radius 2 is 1.93 bits per heavy atom. The van der Waals surface area contributed by atoms with Crippen molar-refractivity contribution in [3.63, 3.8) is 0 Å². The van der Waals surface area contributed by atoms with Crippen LogP contribution in [0.1, 0.15) is 92.6 Å². The average molecular weight is 585 g/mol. The molecule has 3 fully saturated rings. The van der Waals surface area contributed by atoms with Crippen LogP contribution in [0.5, 0.6) is 11.6 Å². The molecule has 226 valence electrons. The molecule has 1 aromatic heterocycles. The third-order valence-corrected chi connectivity index (χ3v) is 10.7. The van der Waals surface area contributed by atoms with E-state index in [1.807, 2.05) is 13.0 Å². The Balaban J connectivity index is 1.21. The van der Waals surface area contributed by atoms with Gasteiger partial charge in [0.05, 0.1) is 19.2 Å². The minimum Gasteiger partial charge on any atom is -0.485 e. The van der Waals surface area contributed by atoms with Gasteiger partial charge in [-0.25, -0.2) is 9.37 Å². The van der Waals surface area contributed by atoms with Crippen molar-refractivity contribution in [2.24, 2.45) is 11.8 Å². The maximum absolute atomic E-state index is 15.2. The summed E-state index contributed by atoms with van der Waals surface area (Å²) < 4.78 is 27.2. The Bertz CT molecular complexity index is 1530. The summed E-state index contributed by atoms with van der Waals surface area (Å²) in [6.07, 6.45) is 11.3. The molecule has 2 saturated carbocycles. The fourth-order valence-electron chi connectivity index (χ4n) is 7.95. The molecule has 1 saturated heterocycles. The van der Waals surface area contributed by atoms with E-state index >= 15 is 4.39 Å². The minimum absolute atomic E-state index is 0.00389. The second-order valence-electron chi connectivity index (χ2n) is 13.2. The lowest BCUT2D eigenvalue weighted by Gasteiger charge is -2.46. The number of carboxylic acids is 1. The molecule has 7 rings (SSSR count). The Kier molecular flexibility index (Phi) is 7.40. The molecule has 2 aliphatic heterocycles. The SMILES string of the molecule is COc1cc(-c2ccc([C@@H]3CCc4ccc(C(C5CC5)[C@H](C)C(=O)O)cc4O3)cc2CN2CCCC23CCC3)c(F)cn1. The number of benzene rings is 2. The Labute approximate surface area is 253 Å². The van der Waals surface area contributed by atoms with Gasteiger partial charge in [0.1, 0.15) is 17.7 Å². The summed E-state index contributed by atoms with van der Waals surface area (Å²) in [5.41, 5.74) is 6.11. The maximum Gasteiger partial charge on any atom is 0.306 e. The fraction of sp³-hybridized carbons (Fsp3) is 0.500. The lowest BCUT2D eigenvalue weighted by molar-refractivity contribution is -0.142. The van der Waals surface area contributed by atoms with Gasteiger partial charge in [-0.1, -0.05) is 37.3 Å². The number of hydrogen-bond acceptors (Lipinski definition) is 5. The molecule has 1 N–H and O–H groups in total. The molecule has 43 heavy (non-hydrogen) atoms. The molecule has 3 heterocycles. The summed E-state index contributed by atoms with van der Waals surface area (Å²) in [5.74, 6) is 0.154. The van der Waals surface area contributed by atoms with E-state index < -0.39 is 11.9 Å². The summed E-state index contributed by atoms with van der Waals surface area (Å²) >= 11 is 0. The molecule has 4 aliphatic rings. The molecule has 0 amide bonds. The molecule has 2 aliphatic carbocycles. The standard InChI is InChI=1S/C36H41FN2O4/c1-22(35(40)41)34(24-6-7-24)26-8-5-23-10-12-31(43-32(23)18-26)25-9-11-28(29-19-33(42-2)38-20-30(29)37)27(17-25)21-39-16-4-15-36(39)13-3-14-36/h5,8-9,11,17-20,22,24,31,34H,3-4,6-7,10,12-16,21H2,1-2H3,(H,40,41)/t22-,31-,34?/m0/s1. The van der Waals surface area contributed by atoms with Crippen LogP contribution in [0, 0.1) is 17.7 Å². The number of hydrogen-bond donors (Lipinski definition) is 1. The lowest BCUT2D eigenvalue weighted by atomic mass is 9.74.